The van der Waals surface area contributed by atoms with Gasteiger partial charge in [-0.2, -0.15) is 5.10 Å². The Balaban J connectivity index is 1.74. The number of amides is 1. The van der Waals surface area contributed by atoms with Crippen molar-refractivity contribution in [2.45, 2.75) is 0 Å². The molecule has 21 heavy (non-hydrogen) atoms. The fraction of sp³-hybridized carbons (Fsp3) is 0. The van der Waals surface area contributed by atoms with Gasteiger partial charge in [0.05, 0.1) is 5.52 Å². The standard InChI is InChI=1S/C16H12N4O/c21-16(11-5-3-7-13-10(11)8-9-17-13)18-15-12-4-1-2-6-14(12)19-20-15/h1-9,17H,(H2,18,19,20,21). The highest BCUT2D eigenvalue weighted by Crippen LogP contribution is 2.22. The number of rotatable bonds is 2. The van der Waals surface area contributed by atoms with Gasteiger partial charge in [0.25, 0.3) is 5.91 Å². The Labute approximate surface area is 120 Å². The van der Waals surface area contributed by atoms with Crippen molar-refractivity contribution in [3.8, 4) is 0 Å². The second-order valence-electron chi connectivity index (χ2n) is 4.82. The monoisotopic (exact) mass is 276 g/mol. The number of hydrogen-bond acceptors (Lipinski definition) is 2. The third-order valence-electron chi connectivity index (χ3n) is 3.54. The molecule has 0 fully saturated rings. The number of H-pyrrole nitrogens is 2. The lowest BCUT2D eigenvalue weighted by atomic mass is 10.1. The maximum Gasteiger partial charge on any atom is 0.257 e. The van der Waals surface area contributed by atoms with Gasteiger partial charge in [0, 0.05) is 28.0 Å². The fourth-order valence-electron chi connectivity index (χ4n) is 2.52. The summed E-state index contributed by atoms with van der Waals surface area (Å²) >= 11 is 0. The Bertz CT molecular complexity index is 951. The molecule has 0 aliphatic carbocycles. The summed E-state index contributed by atoms with van der Waals surface area (Å²) in [6.45, 7) is 0. The van der Waals surface area contributed by atoms with Crippen LogP contribution in [0.15, 0.2) is 54.7 Å². The summed E-state index contributed by atoms with van der Waals surface area (Å²) in [6.07, 6.45) is 1.82. The van der Waals surface area contributed by atoms with E-state index < -0.39 is 0 Å². The fourth-order valence-corrected chi connectivity index (χ4v) is 2.52. The normalized spacial score (nSPS) is 11.0. The van der Waals surface area contributed by atoms with E-state index in [1.165, 1.54) is 0 Å². The number of aromatic nitrogens is 3. The zero-order valence-electron chi connectivity index (χ0n) is 11.1. The third-order valence-corrected chi connectivity index (χ3v) is 3.54. The molecular formula is C16H12N4O. The van der Waals surface area contributed by atoms with E-state index in [2.05, 4.69) is 20.5 Å². The molecule has 2 aromatic carbocycles. The number of aromatic amines is 2. The Kier molecular flexibility index (Phi) is 2.50. The summed E-state index contributed by atoms with van der Waals surface area (Å²) in [7, 11) is 0. The van der Waals surface area contributed by atoms with Crippen molar-refractivity contribution in [3.05, 3.63) is 60.3 Å². The molecule has 2 aromatic heterocycles. The predicted molar refractivity (Wildman–Crippen MR) is 82.3 cm³/mol. The van der Waals surface area contributed by atoms with Crippen LogP contribution < -0.4 is 5.32 Å². The number of carbonyl (C=O) groups is 1. The average molecular weight is 276 g/mol. The molecule has 2 heterocycles. The van der Waals surface area contributed by atoms with Crippen LogP contribution in [0.4, 0.5) is 5.82 Å². The average Bonchev–Trinajstić information content (AvgIpc) is 3.14. The largest absolute Gasteiger partial charge is 0.361 e. The van der Waals surface area contributed by atoms with Crippen LogP contribution in [0.3, 0.4) is 0 Å². The first kappa shape index (κ1) is 11.7. The molecule has 5 heteroatoms. The molecule has 102 valence electrons. The number of anilines is 1. The minimum atomic E-state index is -0.169. The smallest absolute Gasteiger partial charge is 0.257 e. The lowest BCUT2D eigenvalue weighted by molar-refractivity contribution is 0.102. The number of para-hydroxylation sites is 1. The van der Waals surface area contributed by atoms with Crippen molar-refractivity contribution in [1.82, 2.24) is 15.2 Å². The number of fused-ring (bicyclic) bond motifs is 2. The van der Waals surface area contributed by atoms with E-state index in [0.717, 1.165) is 21.8 Å². The van der Waals surface area contributed by atoms with Crippen molar-refractivity contribution in [3.63, 3.8) is 0 Å². The molecule has 0 aliphatic rings. The lowest BCUT2D eigenvalue weighted by Gasteiger charge is -2.04. The summed E-state index contributed by atoms with van der Waals surface area (Å²) in [5.74, 6) is 0.376. The summed E-state index contributed by atoms with van der Waals surface area (Å²) in [5.41, 5.74) is 2.46. The summed E-state index contributed by atoms with van der Waals surface area (Å²) in [6, 6.07) is 15.2. The van der Waals surface area contributed by atoms with Crippen molar-refractivity contribution in [2.24, 2.45) is 0 Å². The molecule has 5 nitrogen and oxygen atoms in total. The molecule has 0 atom stereocenters. The van der Waals surface area contributed by atoms with Crippen LogP contribution in [0.5, 0.6) is 0 Å². The van der Waals surface area contributed by atoms with E-state index in [1.54, 1.807) is 6.07 Å². The van der Waals surface area contributed by atoms with Gasteiger partial charge in [-0.3, -0.25) is 9.89 Å². The van der Waals surface area contributed by atoms with Crippen LogP contribution in [0.2, 0.25) is 0 Å². The minimum Gasteiger partial charge on any atom is -0.361 e. The van der Waals surface area contributed by atoms with Crippen LogP contribution >= 0.6 is 0 Å². The van der Waals surface area contributed by atoms with Gasteiger partial charge >= 0.3 is 0 Å². The number of carbonyl (C=O) groups excluding carboxylic acids is 1. The van der Waals surface area contributed by atoms with Crippen LogP contribution in [-0.4, -0.2) is 21.1 Å². The first-order chi connectivity index (χ1) is 10.3. The van der Waals surface area contributed by atoms with Crippen molar-refractivity contribution < 1.29 is 4.79 Å². The van der Waals surface area contributed by atoms with Gasteiger partial charge in [-0.15, -0.1) is 0 Å². The quantitative estimate of drug-likeness (QED) is 0.525. The van der Waals surface area contributed by atoms with E-state index in [0.29, 0.717) is 11.4 Å². The number of hydrogen-bond donors (Lipinski definition) is 3. The molecule has 0 radical (unpaired) electrons. The topological polar surface area (TPSA) is 73.6 Å². The number of nitrogens with one attached hydrogen (secondary N) is 3. The van der Waals surface area contributed by atoms with Crippen molar-refractivity contribution >= 4 is 33.5 Å². The SMILES string of the molecule is O=C(Nc1n[nH]c2ccccc12)c1cccc2[nH]ccc12. The molecule has 3 N–H and O–H groups in total. The van der Waals surface area contributed by atoms with Crippen LogP contribution in [0, 0.1) is 0 Å². The van der Waals surface area contributed by atoms with Crippen molar-refractivity contribution in [1.29, 1.82) is 0 Å². The first-order valence-corrected chi connectivity index (χ1v) is 6.63. The van der Waals surface area contributed by atoms with Gasteiger partial charge in [-0.1, -0.05) is 18.2 Å². The number of benzene rings is 2. The Morgan fingerprint density at radius 1 is 0.952 bits per heavy atom. The highest BCUT2D eigenvalue weighted by molar-refractivity contribution is 6.14. The van der Waals surface area contributed by atoms with Gasteiger partial charge < -0.3 is 10.3 Å². The minimum absolute atomic E-state index is 0.169. The van der Waals surface area contributed by atoms with E-state index in [-0.39, 0.29) is 5.91 Å². The van der Waals surface area contributed by atoms with E-state index in [9.17, 15) is 4.79 Å². The van der Waals surface area contributed by atoms with Gasteiger partial charge in [0.2, 0.25) is 0 Å². The lowest BCUT2D eigenvalue weighted by Crippen LogP contribution is -2.12. The third kappa shape index (κ3) is 1.87. The van der Waals surface area contributed by atoms with E-state index in [1.807, 2.05) is 48.7 Å². The Morgan fingerprint density at radius 2 is 1.81 bits per heavy atom. The van der Waals surface area contributed by atoms with Gasteiger partial charge in [-0.25, -0.2) is 0 Å². The van der Waals surface area contributed by atoms with Crippen LogP contribution in [-0.2, 0) is 0 Å². The zero-order chi connectivity index (χ0) is 14.2. The van der Waals surface area contributed by atoms with Gasteiger partial charge in [0.15, 0.2) is 5.82 Å². The first-order valence-electron chi connectivity index (χ1n) is 6.63. The molecular weight excluding hydrogens is 264 g/mol. The van der Waals surface area contributed by atoms with Gasteiger partial charge in [0.1, 0.15) is 0 Å². The maximum absolute atomic E-state index is 12.5. The Hall–Kier alpha value is -3.08. The second-order valence-corrected chi connectivity index (χ2v) is 4.82. The highest BCUT2D eigenvalue weighted by atomic mass is 16.1. The Morgan fingerprint density at radius 3 is 2.76 bits per heavy atom. The van der Waals surface area contributed by atoms with Gasteiger partial charge in [-0.05, 0) is 30.3 Å². The molecule has 0 unspecified atom stereocenters. The predicted octanol–water partition coefficient (Wildman–Crippen LogP) is 3.30. The molecule has 0 spiro atoms. The molecule has 0 saturated carbocycles. The van der Waals surface area contributed by atoms with Crippen LogP contribution in [0.25, 0.3) is 21.8 Å². The molecule has 0 bridgehead atoms. The highest BCUT2D eigenvalue weighted by Gasteiger charge is 2.13. The summed E-state index contributed by atoms with van der Waals surface area (Å²) in [4.78, 5) is 15.6. The summed E-state index contributed by atoms with van der Waals surface area (Å²) < 4.78 is 0. The van der Waals surface area contributed by atoms with Crippen LogP contribution in [0.1, 0.15) is 10.4 Å². The molecule has 1 amide bonds. The maximum atomic E-state index is 12.5. The van der Waals surface area contributed by atoms with E-state index in [4.69, 9.17) is 0 Å². The second kappa shape index (κ2) is 4.49. The zero-order valence-corrected chi connectivity index (χ0v) is 11.1. The molecule has 4 rings (SSSR count). The number of nitrogens with zero attached hydrogens (tertiary/aromatic N) is 1. The molecule has 0 saturated heterocycles. The summed E-state index contributed by atoms with van der Waals surface area (Å²) in [5, 5.41) is 11.7. The molecule has 0 aliphatic heterocycles. The van der Waals surface area contributed by atoms with Crippen molar-refractivity contribution in [2.75, 3.05) is 5.32 Å². The van der Waals surface area contributed by atoms with E-state index >= 15 is 0 Å². The molecule has 4 aromatic rings.